The molecular weight excluding hydrogens is 258 g/mol. The van der Waals surface area contributed by atoms with Gasteiger partial charge in [0.05, 0.1) is 0 Å². The lowest BCUT2D eigenvalue weighted by molar-refractivity contribution is 0.645. The van der Waals surface area contributed by atoms with Gasteiger partial charge in [-0.1, -0.05) is 24.6 Å². The number of hydrogen-bond acceptors (Lipinski definition) is 2. The van der Waals surface area contributed by atoms with E-state index in [0.717, 1.165) is 36.8 Å². The fourth-order valence-corrected chi connectivity index (χ4v) is 2.44. The molecule has 19 heavy (non-hydrogen) atoms. The van der Waals surface area contributed by atoms with E-state index >= 15 is 0 Å². The molecule has 0 unspecified atom stereocenters. The molecule has 0 aliphatic carbocycles. The van der Waals surface area contributed by atoms with Crippen LogP contribution >= 0.6 is 11.6 Å². The van der Waals surface area contributed by atoms with Gasteiger partial charge in [-0.3, -0.25) is 0 Å². The topological polar surface area (TPSA) is 29.9 Å². The van der Waals surface area contributed by atoms with Gasteiger partial charge in [0, 0.05) is 36.9 Å². The molecule has 1 aromatic carbocycles. The Morgan fingerprint density at radius 1 is 1.32 bits per heavy atom. The molecule has 0 radical (unpaired) electrons. The van der Waals surface area contributed by atoms with E-state index in [9.17, 15) is 0 Å². The number of aryl methyl sites for hydroxylation is 1. The average molecular weight is 278 g/mol. The minimum Gasteiger partial charge on any atom is -0.335 e. The second-order valence-corrected chi connectivity index (χ2v) is 5.09. The SMILES string of the molecule is CCCn1ccnc1Cc1ccc(Cl)cc1CNC. The van der Waals surface area contributed by atoms with Crippen LogP contribution in [-0.4, -0.2) is 16.6 Å². The monoisotopic (exact) mass is 277 g/mol. The van der Waals surface area contributed by atoms with Gasteiger partial charge in [0.2, 0.25) is 0 Å². The highest BCUT2D eigenvalue weighted by atomic mass is 35.5. The Labute approximate surface area is 119 Å². The number of rotatable bonds is 6. The van der Waals surface area contributed by atoms with Crippen molar-refractivity contribution >= 4 is 11.6 Å². The van der Waals surface area contributed by atoms with Crippen LogP contribution in [0.15, 0.2) is 30.6 Å². The molecule has 0 spiro atoms. The molecule has 0 aliphatic rings. The van der Waals surface area contributed by atoms with Crippen LogP contribution < -0.4 is 5.32 Å². The van der Waals surface area contributed by atoms with Crippen molar-refractivity contribution in [3.63, 3.8) is 0 Å². The summed E-state index contributed by atoms with van der Waals surface area (Å²) in [5, 5.41) is 3.97. The Hall–Kier alpha value is -1.32. The van der Waals surface area contributed by atoms with Gasteiger partial charge in [-0.05, 0) is 36.7 Å². The van der Waals surface area contributed by atoms with Crippen LogP contribution in [0.25, 0.3) is 0 Å². The molecule has 1 aromatic heterocycles. The molecule has 1 heterocycles. The first-order valence-electron chi connectivity index (χ1n) is 6.66. The van der Waals surface area contributed by atoms with Gasteiger partial charge >= 0.3 is 0 Å². The maximum atomic E-state index is 6.07. The highest BCUT2D eigenvalue weighted by Crippen LogP contribution is 2.19. The number of nitrogens with one attached hydrogen (secondary N) is 1. The van der Waals surface area contributed by atoms with Gasteiger partial charge in [-0.15, -0.1) is 0 Å². The molecule has 0 saturated heterocycles. The van der Waals surface area contributed by atoms with Crippen molar-refractivity contribution in [2.45, 2.75) is 32.9 Å². The van der Waals surface area contributed by atoms with Crippen LogP contribution in [0.4, 0.5) is 0 Å². The lowest BCUT2D eigenvalue weighted by atomic mass is 10.0. The fourth-order valence-electron chi connectivity index (χ4n) is 2.24. The van der Waals surface area contributed by atoms with Crippen molar-refractivity contribution in [3.05, 3.63) is 52.6 Å². The van der Waals surface area contributed by atoms with E-state index in [1.165, 1.54) is 11.1 Å². The summed E-state index contributed by atoms with van der Waals surface area (Å²) in [7, 11) is 1.95. The lowest BCUT2D eigenvalue weighted by Gasteiger charge is -2.11. The summed E-state index contributed by atoms with van der Waals surface area (Å²) in [4.78, 5) is 4.46. The average Bonchev–Trinajstić information content (AvgIpc) is 2.81. The third-order valence-electron chi connectivity index (χ3n) is 3.15. The molecule has 0 aliphatic heterocycles. The molecule has 2 rings (SSSR count). The van der Waals surface area contributed by atoms with Gasteiger partial charge < -0.3 is 9.88 Å². The molecule has 0 fully saturated rings. The van der Waals surface area contributed by atoms with Crippen LogP contribution in [0, 0.1) is 0 Å². The van der Waals surface area contributed by atoms with Gasteiger partial charge in [-0.25, -0.2) is 4.98 Å². The highest BCUT2D eigenvalue weighted by molar-refractivity contribution is 6.30. The predicted octanol–water partition coefficient (Wildman–Crippen LogP) is 3.26. The molecule has 0 atom stereocenters. The number of halogens is 1. The van der Waals surface area contributed by atoms with E-state index in [1.54, 1.807) is 0 Å². The summed E-state index contributed by atoms with van der Waals surface area (Å²) in [5.74, 6) is 1.11. The Bertz CT molecular complexity index is 534. The molecule has 4 heteroatoms. The van der Waals surface area contributed by atoms with E-state index in [-0.39, 0.29) is 0 Å². The first-order valence-corrected chi connectivity index (χ1v) is 7.04. The lowest BCUT2D eigenvalue weighted by Crippen LogP contribution is -2.10. The summed E-state index contributed by atoms with van der Waals surface area (Å²) in [6.07, 6.45) is 5.89. The van der Waals surface area contributed by atoms with Crippen molar-refractivity contribution in [2.75, 3.05) is 7.05 Å². The normalized spacial score (nSPS) is 10.9. The third-order valence-corrected chi connectivity index (χ3v) is 3.39. The molecule has 1 N–H and O–H groups in total. The summed E-state index contributed by atoms with van der Waals surface area (Å²) >= 11 is 6.07. The second kappa shape index (κ2) is 6.73. The Balaban J connectivity index is 2.24. The zero-order valence-electron chi connectivity index (χ0n) is 11.5. The standard InChI is InChI=1S/C15H20ClN3/c1-3-7-19-8-6-18-15(19)10-12-4-5-14(16)9-13(12)11-17-2/h4-6,8-9,17H,3,7,10-11H2,1-2H3. The van der Waals surface area contributed by atoms with E-state index in [2.05, 4.69) is 27.9 Å². The van der Waals surface area contributed by atoms with Crippen LogP contribution in [0.1, 0.15) is 30.3 Å². The van der Waals surface area contributed by atoms with E-state index in [1.807, 2.05) is 31.6 Å². The van der Waals surface area contributed by atoms with E-state index < -0.39 is 0 Å². The quantitative estimate of drug-likeness (QED) is 0.878. The van der Waals surface area contributed by atoms with Crippen molar-refractivity contribution in [1.29, 1.82) is 0 Å². The first-order chi connectivity index (χ1) is 9.24. The Morgan fingerprint density at radius 2 is 2.16 bits per heavy atom. The van der Waals surface area contributed by atoms with Crippen LogP contribution in [-0.2, 0) is 19.5 Å². The minimum atomic E-state index is 0.783. The van der Waals surface area contributed by atoms with Gasteiger partial charge in [0.25, 0.3) is 0 Å². The van der Waals surface area contributed by atoms with E-state index in [4.69, 9.17) is 11.6 Å². The van der Waals surface area contributed by atoms with Crippen LogP contribution in [0.5, 0.6) is 0 Å². The van der Waals surface area contributed by atoms with Crippen molar-refractivity contribution in [3.8, 4) is 0 Å². The van der Waals surface area contributed by atoms with Crippen molar-refractivity contribution < 1.29 is 0 Å². The fraction of sp³-hybridized carbons (Fsp3) is 0.400. The van der Waals surface area contributed by atoms with Crippen molar-refractivity contribution in [1.82, 2.24) is 14.9 Å². The molecule has 102 valence electrons. The van der Waals surface area contributed by atoms with E-state index in [0.29, 0.717) is 0 Å². The van der Waals surface area contributed by atoms with Crippen LogP contribution in [0.2, 0.25) is 5.02 Å². The summed E-state index contributed by atoms with van der Waals surface area (Å²) in [5.41, 5.74) is 2.52. The number of imidazole rings is 1. The maximum absolute atomic E-state index is 6.07. The van der Waals surface area contributed by atoms with Crippen LogP contribution in [0.3, 0.4) is 0 Å². The van der Waals surface area contributed by atoms with Gasteiger partial charge in [0.15, 0.2) is 0 Å². The van der Waals surface area contributed by atoms with Gasteiger partial charge in [-0.2, -0.15) is 0 Å². The number of aromatic nitrogens is 2. The van der Waals surface area contributed by atoms with Crippen molar-refractivity contribution in [2.24, 2.45) is 0 Å². The smallest absolute Gasteiger partial charge is 0.113 e. The minimum absolute atomic E-state index is 0.783. The maximum Gasteiger partial charge on any atom is 0.113 e. The molecule has 3 nitrogen and oxygen atoms in total. The number of hydrogen-bond donors (Lipinski definition) is 1. The van der Waals surface area contributed by atoms with Gasteiger partial charge in [0.1, 0.15) is 5.82 Å². The largest absolute Gasteiger partial charge is 0.335 e. The molecular formula is C15H20ClN3. The molecule has 0 bridgehead atoms. The molecule has 2 aromatic rings. The predicted molar refractivity (Wildman–Crippen MR) is 79.5 cm³/mol. The number of benzene rings is 1. The summed E-state index contributed by atoms with van der Waals surface area (Å²) < 4.78 is 2.22. The second-order valence-electron chi connectivity index (χ2n) is 4.66. The first kappa shape index (κ1) is 14.1. The highest BCUT2D eigenvalue weighted by Gasteiger charge is 2.08. The summed E-state index contributed by atoms with van der Waals surface area (Å²) in [6.45, 7) is 4.02. The Kier molecular flexibility index (Phi) is 5.00. The zero-order chi connectivity index (χ0) is 13.7. The zero-order valence-corrected chi connectivity index (χ0v) is 12.2. The number of nitrogens with zero attached hydrogens (tertiary/aromatic N) is 2. The third kappa shape index (κ3) is 3.58. The Morgan fingerprint density at radius 3 is 2.89 bits per heavy atom. The molecule has 0 amide bonds. The summed E-state index contributed by atoms with van der Waals surface area (Å²) in [6, 6.07) is 6.07. The molecule has 0 saturated carbocycles.